The lowest BCUT2D eigenvalue weighted by Crippen LogP contribution is -2.29. The molecule has 0 radical (unpaired) electrons. The molecule has 0 bridgehead atoms. The van der Waals surface area contributed by atoms with Crippen LogP contribution in [0.3, 0.4) is 0 Å². The Balaban J connectivity index is 1.88. The average Bonchev–Trinajstić information content (AvgIpc) is 2.91. The van der Waals surface area contributed by atoms with Crippen molar-refractivity contribution in [3.05, 3.63) is 46.7 Å². The maximum Gasteiger partial charge on any atom is 0.238 e. The van der Waals surface area contributed by atoms with Crippen LogP contribution in [0, 0.1) is 0 Å². The van der Waals surface area contributed by atoms with Crippen molar-refractivity contribution < 1.29 is 4.79 Å². The van der Waals surface area contributed by atoms with E-state index in [0.717, 1.165) is 17.1 Å². The van der Waals surface area contributed by atoms with Gasteiger partial charge >= 0.3 is 0 Å². The maximum atomic E-state index is 12.1. The van der Waals surface area contributed by atoms with Gasteiger partial charge in [-0.15, -0.1) is 11.8 Å². The highest BCUT2D eigenvalue weighted by Gasteiger charge is 2.09. The Morgan fingerprint density at radius 1 is 1.35 bits per heavy atom. The molecule has 0 aliphatic rings. The summed E-state index contributed by atoms with van der Waals surface area (Å²) in [7, 11) is 1.96. The standard InChI is InChI=1S/C15H18N2OS2/c1-17(9-12-7-8-20-11-12)10-15(18)16-13-5-3-4-6-14(13)19-2/h3-8,11H,9-10H2,1-2H3,(H,16,18). The summed E-state index contributed by atoms with van der Waals surface area (Å²) < 4.78 is 0. The molecule has 1 aromatic carbocycles. The van der Waals surface area contributed by atoms with Crippen molar-refractivity contribution in [1.29, 1.82) is 0 Å². The molecule has 0 saturated heterocycles. The fourth-order valence-electron chi connectivity index (χ4n) is 1.93. The van der Waals surface area contributed by atoms with Gasteiger partial charge in [0.25, 0.3) is 0 Å². The molecular formula is C15H18N2OS2. The summed E-state index contributed by atoms with van der Waals surface area (Å²) in [4.78, 5) is 15.2. The van der Waals surface area contributed by atoms with Crippen LogP contribution in [0.5, 0.6) is 0 Å². The van der Waals surface area contributed by atoms with Gasteiger partial charge < -0.3 is 5.32 Å². The molecule has 0 atom stereocenters. The Morgan fingerprint density at radius 3 is 2.85 bits per heavy atom. The average molecular weight is 306 g/mol. The van der Waals surface area contributed by atoms with E-state index in [9.17, 15) is 4.79 Å². The number of likely N-dealkylation sites (N-methyl/N-ethyl adjacent to an activating group) is 1. The molecule has 1 N–H and O–H groups in total. The van der Waals surface area contributed by atoms with E-state index in [0.29, 0.717) is 6.54 Å². The number of nitrogens with zero attached hydrogens (tertiary/aromatic N) is 1. The molecule has 1 amide bonds. The molecule has 0 aliphatic heterocycles. The largest absolute Gasteiger partial charge is 0.324 e. The van der Waals surface area contributed by atoms with Gasteiger partial charge in [-0.1, -0.05) is 12.1 Å². The number of thioether (sulfide) groups is 1. The van der Waals surface area contributed by atoms with E-state index in [-0.39, 0.29) is 5.91 Å². The number of para-hydroxylation sites is 1. The Bertz CT molecular complexity index is 555. The lowest BCUT2D eigenvalue weighted by atomic mass is 10.3. The van der Waals surface area contributed by atoms with Crippen LogP contribution in [0.4, 0.5) is 5.69 Å². The summed E-state index contributed by atoms with van der Waals surface area (Å²) >= 11 is 3.31. The van der Waals surface area contributed by atoms with Crippen molar-refractivity contribution in [2.45, 2.75) is 11.4 Å². The minimum absolute atomic E-state index is 0.0178. The van der Waals surface area contributed by atoms with Crippen molar-refractivity contribution in [3.8, 4) is 0 Å². The van der Waals surface area contributed by atoms with Crippen molar-refractivity contribution in [1.82, 2.24) is 4.90 Å². The number of carbonyl (C=O) groups excluding carboxylic acids is 1. The SMILES string of the molecule is CSc1ccccc1NC(=O)CN(C)Cc1ccsc1. The molecule has 0 fully saturated rings. The summed E-state index contributed by atoms with van der Waals surface area (Å²) in [6.45, 7) is 1.18. The van der Waals surface area contributed by atoms with Crippen LogP contribution in [0.25, 0.3) is 0 Å². The van der Waals surface area contributed by atoms with E-state index in [4.69, 9.17) is 0 Å². The molecule has 0 unspecified atom stereocenters. The van der Waals surface area contributed by atoms with Crippen LogP contribution in [-0.2, 0) is 11.3 Å². The van der Waals surface area contributed by atoms with E-state index in [1.54, 1.807) is 23.1 Å². The van der Waals surface area contributed by atoms with E-state index in [2.05, 4.69) is 22.1 Å². The first-order chi connectivity index (χ1) is 9.69. The Morgan fingerprint density at radius 2 is 2.15 bits per heavy atom. The van der Waals surface area contributed by atoms with E-state index >= 15 is 0 Å². The van der Waals surface area contributed by atoms with Crippen LogP contribution in [0.1, 0.15) is 5.56 Å². The number of thiophene rings is 1. The summed E-state index contributed by atoms with van der Waals surface area (Å²) in [5, 5.41) is 7.14. The van der Waals surface area contributed by atoms with Gasteiger partial charge in [0.1, 0.15) is 0 Å². The van der Waals surface area contributed by atoms with E-state index < -0.39 is 0 Å². The lowest BCUT2D eigenvalue weighted by molar-refractivity contribution is -0.117. The van der Waals surface area contributed by atoms with Crippen LogP contribution in [-0.4, -0.2) is 30.7 Å². The molecule has 1 aromatic heterocycles. The van der Waals surface area contributed by atoms with Crippen molar-refractivity contribution in [2.75, 3.05) is 25.2 Å². The van der Waals surface area contributed by atoms with Crippen LogP contribution >= 0.6 is 23.1 Å². The monoisotopic (exact) mass is 306 g/mol. The molecule has 2 rings (SSSR count). The predicted molar refractivity (Wildman–Crippen MR) is 87.5 cm³/mol. The number of carbonyl (C=O) groups is 1. The van der Waals surface area contributed by atoms with Gasteiger partial charge in [-0.05, 0) is 47.8 Å². The van der Waals surface area contributed by atoms with Gasteiger partial charge in [0.05, 0.1) is 12.2 Å². The lowest BCUT2D eigenvalue weighted by Gasteiger charge is -2.16. The summed E-state index contributed by atoms with van der Waals surface area (Å²) in [6, 6.07) is 9.94. The minimum atomic E-state index is 0.0178. The van der Waals surface area contributed by atoms with E-state index in [1.165, 1.54) is 5.56 Å². The third-order valence-electron chi connectivity index (χ3n) is 2.83. The first-order valence-corrected chi connectivity index (χ1v) is 8.48. The zero-order valence-corrected chi connectivity index (χ0v) is 13.3. The quantitative estimate of drug-likeness (QED) is 0.829. The second kappa shape index (κ2) is 7.47. The molecule has 0 spiro atoms. The van der Waals surface area contributed by atoms with E-state index in [1.807, 2.05) is 42.5 Å². The zero-order chi connectivity index (χ0) is 14.4. The molecule has 0 saturated carbocycles. The van der Waals surface area contributed by atoms with Gasteiger partial charge in [0.2, 0.25) is 5.91 Å². The van der Waals surface area contributed by atoms with Crippen LogP contribution in [0.2, 0.25) is 0 Å². The fourth-order valence-corrected chi connectivity index (χ4v) is 3.15. The fraction of sp³-hybridized carbons (Fsp3) is 0.267. The van der Waals surface area contributed by atoms with Crippen LogP contribution < -0.4 is 5.32 Å². The smallest absolute Gasteiger partial charge is 0.238 e. The highest BCUT2D eigenvalue weighted by atomic mass is 32.2. The normalized spacial score (nSPS) is 10.8. The number of anilines is 1. The number of amides is 1. The van der Waals surface area contributed by atoms with Gasteiger partial charge in [0, 0.05) is 11.4 Å². The number of hydrogen-bond acceptors (Lipinski definition) is 4. The number of rotatable bonds is 6. The zero-order valence-electron chi connectivity index (χ0n) is 11.6. The summed E-state index contributed by atoms with van der Waals surface area (Å²) in [5.74, 6) is 0.0178. The molecule has 0 aliphatic carbocycles. The van der Waals surface area contributed by atoms with Gasteiger partial charge in [0.15, 0.2) is 0 Å². The first kappa shape index (κ1) is 15.1. The Hall–Kier alpha value is -1.30. The Kier molecular flexibility index (Phi) is 5.64. The Labute approximate surface area is 128 Å². The second-order valence-corrected chi connectivity index (χ2v) is 6.18. The van der Waals surface area contributed by atoms with Crippen molar-refractivity contribution in [3.63, 3.8) is 0 Å². The molecule has 20 heavy (non-hydrogen) atoms. The molecule has 106 valence electrons. The van der Waals surface area contributed by atoms with Gasteiger partial charge in [-0.3, -0.25) is 9.69 Å². The first-order valence-electron chi connectivity index (χ1n) is 6.31. The molecule has 2 aromatic rings. The third kappa shape index (κ3) is 4.37. The summed E-state index contributed by atoms with van der Waals surface area (Å²) in [6.07, 6.45) is 2.01. The molecule has 1 heterocycles. The van der Waals surface area contributed by atoms with Gasteiger partial charge in [-0.25, -0.2) is 0 Å². The third-order valence-corrected chi connectivity index (χ3v) is 4.36. The molecular weight excluding hydrogens is 288 g/mol. The highest BCUT2D eigenvalue weighted by molar-refractivity contribution is 7.98. The minimum Gasteiger partial charge on any atom is -0.324 e. The van der Waals surface area contributed by atoms with Crippen molar-refractivity contribution in [2.24, 2.45) is 0 Å². The number of benzene rings is 1. The second-order valence-electron chi connectivity index (χ2n) is 4.55. The van der Waals surface area contributed by atoms with Crippen molar-refractivity contribution >= 4 is 34.7 Å². The number of nitrogens with one attached hydrogen (secondary N) is 1. The predicted octanol–water partition coefficient (Wildman–Crippen LogP) is 3.54. The van der Waals surface area contributed by atoms with Crippen LogP contribution in [0.15, 0.2) is 46.0 Å². The van der Waals surface area contributed by atoms with Gasteiger partial charge in [-0.2, -0.15) is 11.3 Å². The highest BCUT2D eigenvalue weighted by Crippen LogP contribution is 2.24. The molecule has 3 nitrogen and oxygen atoms in total. The molecule has 5 heteroatoms. The maximum absolute atomic E-state index is 12.1. The summed E-state index contributed by atoms with van der Waals surface area (Å²) in [5.41, 5.74) is 2.13. The topological polar surface area (TPSA) is 32.3 Å². The number of hydrogen-bond donors (Lipinski definition) is 1.